The molecule has 0 aliphatic carbocycles. The van der Waals surface area contributed by atoms with E-state index < -0.39 is 5.97 Å². The predicted octanol–water partition coefficient (Wildman–Crippen LogP) is 2.42. The van der Waals surface area contributed by atoms with Gasteiger partial charge in [-0.25, -0.2) is 4.79 Å². The molecule has 6 heteroatoms. The Morgan fingerprint density at radius 1 is 1.30 bits per heavy atom. The minimum absolute atomic E-state index is 0.521. The summed E-state index contributed by atoms with van der Waals surface area (Å²) in [6, 6.07) is 1.92. The zero-order valence-electron chi connectivity index (χ0n) is 11.5. The van der Waals surface area contributed by atoms with Gasteiger partial charge in [0.05, 0.1) is 19.8 Å². The first-order valence-corrected chi connectivity index (χ1v) is 7.23. The molecule has 112 valence electrons. The second-order valence-electron chi connectivity index (χ2n) is 4.03. The highest BCUT2D eigenvalue weighted by Crippen LogP contribution is 2.16. The van der Waals surface area contributed by atoms with Crippen LogP contribution in [0.1, 0.15) is 16.9 Å². The number of aliphatic carboxylic acids is 1. The molecule has 1 N–H and O–H groups in total. The van der Waals surface area contributed by atoms with Crippen LogP contribution in [0.25, 0.3) is 6.08 Å². The SMILES string of the molecule is COCCCOCCOCc1cc(/C=C/C(=O)O)cs1. The van der Waals surface area contributed by atoms with Crippen molar-refractivity contribution in [1.82, 2.24) is 0 Å². The van der Waals surface area contributed by atoms with Crippen LogP contribution in [0.2, 0.25) is 0 Å². The lowest BCUT2D eigenvalue weighted by Gasteiger charge is -2.04. The fraction of sp³-hybridized carbons (Fsp3) is 0.500. The van der Waals surface area contributed by atoms with Crippen LogP contribution >= 0.6 is 11.3 Å². The van der Waals surface area contributed by atoms with Gasteiger partial charge in [-0.1, -0.05) is 0 Å². The Balaban J connectivity index is 2.09. The number of carbonyl (C=O) groups is 1. The maximum atomic E-state index is 10.4. The van der Waals surface area contributed by atoms with Gasteiger partial charge in [-0.3, -0.25) is 0 Å². The molecule has 20 heavy (non-hydrogen) atoms. The molecule has 0 radical (unpaired) electrons. The number of carboxylic acid groups (broad SMARTS) is 1. The number of hydrogen-bond donors (Lipinski definition) is 1. The van der Waals surface area contributed by atoms with E-state index in [9.17, 15) is 4.79 Å². The van der Waals surface area contributed by atoms with Crippen molar-refractivity contribution in [1.29, 1.82) is 0 Å². The Labute approximate surface area is 122 Å². The van der Waals surface area contributed by atoms with Gasteiger partial charge in [-0.2, -0.15) is 0 Å². The molecule has 0 spiro atoms. The van der Waals surface area contributed by atoms with E-state index in [1.165, 1.54) is 0 Å². The van der Waals surface area contributed by atoms with Crippen molar-refractivity contribution >= 4 is 23.4 Å². The Morgan fingerprint density at radius 3 is 2.85 bits per heavy atom. The van der Waals surface area contributed by atoms with Crippen LogP contribution in [-0.2, 0) is 25.6 Å². The standard InChI is InChI=1S/C14H20O5S/c1-17-5-2-6-18-7-8-19-10-13-9-12(11-20-13)3-4-14(15)16/h3-4,9,11H,2,5-8,10H2,1H3,(H,15,16)/b4-3+. The number of hydrogen-bond acceptors (Lipinski definition) is 5. The number of thiophene rings is 1. The van der Waals surface area contributed by atoms with Crippen LogP contribution in [0.4, 0.5) is 0 Å². The third-order valence-corrected chi connectivity index (χ3v) is 3.27. The van der Waals surface area contributed by atoms with Gasteiger partial charge < -0.3 is 19.3 Å². The molecule has 1 aromatic rings. The van der Waals surface area contributed by atoms with E-state index >= 15 is 0 Å². The van der Waals surface area contributed by atoms with E-state index in [0.29, 0.717) is 33.0 Å². The first-order chi connectivity index (χ1) is 9.72. The predicted molar refractivity (Wildman–Crippen MR) is 78.0 cm³/mol. The van der Waals surface area contributed by atoms with Gasteiger partial charge in [0.25, 0.3) is 0 Å². The Hall–Kier alpha value is -1.21. The highest BCUT2D eigenvalue weighted by molar-refractivity contribution is 7.10. The molecule has 0 saturated carbocycles. The molecule has 1 rings (SSSR count). The summed E-state index contributed by atoms with van der Waals surface area (Å²) in [5.74, 6) is -0.945. The Morgan fingerprint density at radius 2 is 2.10 bits per heavy atom. The van der Waals surface area contributed by atoms with Crippen LogP contribution in [0.3, 0.4) is 0 Å². The second-order valence-corrected chi connectivity index (χ2v) is 5.03. The molecule has 0 atom stereocenters. The molecule has 5 nitrogen and oxygen atoms in total. The summed E-state index contributed by atoms with van der Waals surface area (Å²) in [6.07, 6.45) is 3.59. The van der Waals surface area contributed by atoms with E-state index in [1.807, 2.05) is 11.4 Å². The van der Waals surface area contributed by atoms with Crippen molar-refractivity contribution in [3.8, 4) is 0 Å². The smallest absolute Gasteiger partial charge is 0.328 e. The van der Waals surface area contributed by atoms with Gasteiger partial charge in [0, 0.05) is 31.3 Å². The van der Waals surface area contributed by atoms with Crippen molar-refractivity contribution in [3.05, 3.63) is 28.0 Å². The van der Waals surface area contributed by atoms with E-state index in [2.05, 4.69) is 0 Å². The fourth-order valence-electron chi connectivity index (χ4n) is 1.43. The lowest BCUT2D eigenvalue weighted by Crippen LogP contribution is -2.06. The summed E-state index contributed by atoms with van der Waals surface area (Å²) in [5, 5.41) is 10.4. The average molecular weight is 300 g/mol. The van der Waals surface area contributed by atoms with Crippen molar-refractivity contribution in [3.63, 3.8) is 0 Å². The first-order valence-electron chi connectivity index (χ1n) is 6.35. The monoisotopic (exact) mass is 300 g/mol. The third-order valence-electron chi connectivity index (χ3n) is 2.35. The van der Waals surface area contributed by atoms with Crippen LogP contribution in [0.5, 0.6) is 0 Å². The van der Waals surface area contributed by atoms with Gasteiger partial charge in [0.2, 0.25) is 0 Å². The van der Waals surface area contributed by atoms with Crippen LogP contribution in [0.15, 0.2) is 17.5 Å². The van der Waals surface area contributed by atoms with E-state index in [4.69, 9.17) is 19.3 Å². The normalized spacial score (nSPS) is 11.2. The van der Waals surface area contributed by atoms with E-state index in [-0.39, 0.29) is 0 Å². The number of rotatable bonds is 11. The number of methoxy groups -OCH3 is 1. The fourth-order valence-corrected chi connectivity index (χ4v) is 2.22. The molecule has 0 bridgehead atoms. The zero-order valence-corrected chi connectivity index (χ0v) is 12.4. The summed E-state index contributed by atoms with van der Waals surface area (Å²) in [7, 11) is 1.67. The lowest BCUT2D eigenvalue weighted by atomic mass is 10.3. The van der Waals surface area contributed by atoms with Crippen LogP contribution < -0.4 is 0 Å². The summed E-state index contributed by atoms with van der Waals surface area (Å²) >= 11 is 1.55. The molecule has 0 saturated heterocycles. The summed E-state index contributed by atoms with van der Waals surface area (Å²) in [4.78, 5) is 11.5. The number of carboxylic acids is 1. The molecule has 0 unspecified atom stereocenters. The molecule has 0 aliphatic heterocycles. The maximum absolute atomic E-state index is 10.4. The highest BCUT2D eigenvalue weighted by Gasteiger charge is 1.99. The van der Waals surface area contributed by atoms with Crippen LogP contribution in [0, 0.1) is 0 Å². The number of ether oxygens (including phenoxy) is 3. The molecule has 0 aliphatic rings. The minimum Gasteiger partial charge on any atom is -0.478 e. The maximum Gasteiger partial charge on any atom is 0.328 e. The van der Waals surface area contributed by atoms with Crippen molar-refractivity contribution < 1.29 is 24.1 Å². The minimum atomic E-state index is -0.945. The average Bonchev–Trinajstić information content (AvgIpc) is 2.87. The molecular formula is C14H20O5S. The lowest BCUT2D eigenvalue weighted by molar-refractivity contribution is -0.131. The largest absolute Gasteiger partial charge is 0.478 e. The summed E-state index contributed by atoms with van der Waals surface area (Å²) in [6.45, 7) is 3.03. The van der Waals surface area contributed by atoms with Gasteiger partial charge in [-0.05, 0) is 29.5 Å². The van der Waals surface area contributed by atoms with Gasteiger partial charge in [-0.15, -0.1) is 11.3 Å². The van der Waals surface area contributed by atoms with Gasteiger partial charge >= 0.3 is 5.97 Å². The molecule has 0 fully saturated rings. The Bertz CT molecular complexity index is 413. The molecule has 1 aromatic heterocycles. The Kier molecular flexibility index (Phi) is 8.90. The molecule has 0 amide bonds. The van der Waals surface area contributed by atoms with Crippen LogP contribution in [-0.4, -0.2) is 44.6 Å². The topological polar surface area (TPSA) is 65.0 Å². The third kappa shape index (κ3) is 8.06. The zero-order chi connectivity index (χ0) is 14.6. The van der Waals surface area contributed by atoms with E-state index in [1.54, 1.807) is 24.5 Å². The first kappa shape index (κ1) is 16.8. The molecule has 0 aromatic carbocycles. The van der Waals surface area contributed by atoms with Crippen molar-refractivity contribution in [2.24, 2.45) is 0 Å². The van der Waals surface area contributed by atoms with Gasteiger partial charge in [0.15, 0.2) is 0 Å². The van der Waals surface area contributed by atoms with Crippen molar-refractivity contribution in [2.45, 2.75) is 13.0 Å². The molecular weight excluding hydrogens is 280 g/mol. The highest BCUT2D eigenvalue weighted by atomic mass is 32.1. The van der Waals surface area contributed by atoms with E-state index in [0.717, 1.165) is 22.9 Å². The summed E-state index contributed by atoms with van der Waals surface area (Å²) in [5.41, 5.74) is 0.881. The quantitative estimate of drug-likeness (QED) is 0.502. The second kappa shape index (κ2) is 10.6. The molecule has 1 heterocycles. The van der Waals surface area contributed by atoms with Crippen molar-refractivity contribution in [2.75, 3.05) is 33.5 Å². The summed E-state index contributed by atoms with van der Waals surface area (Å²) < 4.78 is 15.8. The van der Waals surface area contributed by atoms with Gasteiger partial charge in [0.1, 0.15) is 0 Å².